The van der Waals surface area contributed by atoms with Crippen LogP contribution in [0.3, 0.4) is 0 Å². The lowest BCUT2D eigenvalue weighted by molar-refractivity contribution is -0.123. The van der Waals surface area contributed by atoms with Crippen LogP contribution in [0.15, 0.2) is 53.6 Å². The van der Waals surface area contributed by atoms with E-state index >= 15 is 0 Å². The van der Waals surface area contributed by atoms with Gasteiger partial charge in [0, 0.05) is 5.56 Å². The van der Waals surface area contributed by atoms with E-state index < -0.39 is 0 Å². The van der Waals surface area contributed by atoms with Gasteiger partial charge in [-0.15, -0.1) is 0 Å². The zero-order chi connectivity index (χ0) is 15.4. The van der Waals surface area contributed by atoms with Gasteiger partial charge in [0.15, 0.2) is 6.61 Å². The first-order valence-electron chi connectivity index (χ1n) is 7.05. The van der Waals surface area contributed by atoms with Crippen molar-refractivity contribution in [2.24, 2.45) is 5.10 Å². The van der Waals surface area contributed by atoms with E-state index in [1.165, 1.54) is 5.56 Å². The summed E-state index contributed by atoms with van der Waals surface area (Å²) in [5.41, 5.74) is 5.81. The highest BCUT2D eigenvalue weighted by molar-refractivity contribution is 6.32. The van der Waals surface area contributed by atoms with Gasteiger partial charge in [-0.3, -0.25) is 4.79 Å². The second-order valence-electron chi connectivity index (χ2n) is 4.97. The quantitative estimate of drug-likeness (QED) is 0.881. The smallest absolute Gasteiger partial charge is 0.277 e. The molecule has 0 saturated carbocycles. The van der Waals surface area contributed by atoms with Crippen molar-refractivity contribution >= 4 is 23.2 Å². The van der Waals surface area contributed by atoms with Crippen molar-refractivity contribution in [3.05, 3.63) is 64.7 Å². The van der Waals surface area contributed by atoms with Gasteiger partial charge in [0.25, 0.3) is 5.91 Å². The molecule has 0 unspecified atom stereocenters. The highest BCUT2D eigenvalue weighted by Crippen LogP contribution is 2.23. The van der Waals surface area contributed by atoms with Gasteiger partial charge in [-0.05, 0) is 30.5 Å². The highest BCUT2D eigenvalue weighted by Gasteiger charge is 2.17. The van der Waals surface area contributed by atoms with Crippen LogP contribution in [0.4, 0.5) is 0 Å². The van der Waals surface area contributed by atoms with Crippen molar-refractivity contribution < 1.29 is 9.53 Å². The molecular weight excluding hydrogens is 300 g/mol. The monoisotopic (exact) mass is 314 g/mol. The molecule has 1 aliphatic carbocycles. The third-order valence-electron chi connectivity index (χ3n) is 3.47. The molecule has 0 fully saturated rings. The molecule has 2 aromatic carbocycles. The van der Waals surface area contributed by atoms with Crippen molar-refractivity contribution in [2.75, 3.05) is 6.61 Å². The maximum Gasteiger partial charge on any atom is 0.277 e. The average molecular weight is 315 g/mol. The Hall–Kier alpha value is -2.33. The second kappa shape index (κ2) is 6.62. The number of benzene rings is 2. The molecule has 1 aliphatic rings. The minimum Gasteiger partial charge on any atom is -0.482 e. The fraction of sp³-hybridized carbons (Fsp3) is 0.176. The Morgan fingerprint density at radius 3 is 2.77 bits per heavy atom. The summed E-state index contributed by atoms with van der Waals surface area (Å²) in [6.07, 6.45) is 1.80. The first-order valence-corrected chi connectivity index (χ1v) is 7.43. The Labute approximate surface area is 133 Å². The summed E-state index contributed by atoms with van der Waals surface area (Å²) < 4.78 is 5.37. The number of ether oxygens (including phenoxy) is 1. The van der Waals surface area contributed by atoms with Crippen molar-refractivity contribution in [1.82, 2.24) is 5.43 Å². The first kappa shape index (κ1) is 14.6. The number of hydrogen-bond donors (Lipinski definition) is 1. The molecule has 3 rings (SSSR count). The van der Waals surface area contributed by atoms with Crippen LogP contribution in [0, 0.1) is 0 Å². The number of nitrogens with zero attached hydrogens (tertiary/aromatic N) is 1. The molecule has 1 amide bonds. The predicted molar refractivity (Wildman–Crippen MR) is 86.4 cm³/mol. The fourth-order valence-corrected chi connectivity index (χ4v) is 2.58. The second-order valence-corrected chi connectivity index (χ2v) is 5.38. The van der Waals surface area contributed by atoms with E-state index in [0.29, 0.717) is 10.8 Å². The molecule has 0 atom stereocenters. The van der Waals surface area contributed by atoms with Crippen molar-refractivity contribution in [1.29, 1.82) is 0 Å². The summed E-state index contributed by atoms with van der Waals surface area (Å²) in [5, 5.41) is 4.68. The van der Waals surface area contributed by atoms with Crippen LogP contribution in [0.1, 0.15) is 17.5 Å². The Balaban J connectivity index is 1.57. The molecule has 0 radical (unpaired) electrons. The lowest BCUT2D eigenvalue weighted by Crippen LogP contribution is -2.25. The third kappa shape index (κ3) is 3.28. The molecule has 2 aromatic rings. The Kier molecular flexibility index (Phi) is 4.39. The largest absolute Gasteiger partial charge is 0.482 e. The molecule has 0 saturated heterocycles. The van der Waals surface area contributed by atoms with Crippen molar-refractivity contribution in [3.63, 3.8) is 0 Å². The molecule has 22 heavy (non-hydrogen) atoms. The number of amides is 1. The number of fused-ring (bicyclic) bond motifs is 1. The number of rotatable bonds is 4. The number of carbonyl (C=O) groups is 1. The lowest BCUT2D eigenvalue weighted by atomic mass is 10.1. The molecule has 0 aromatic heterocycles. The minimum absolute atomic E-state index is 0.123. The molecular formula is C17H15ClN2O2. The molecule has 0 aliphatic heterocycles. The zero-order valence-corrected chi connectivity index (χ0v) is 12.6. The van der Waals surface area contributed by atoms with Crippen molar-refractivity contribution in [2.45, 2.75) is 12.8 Å². The van der Waals surface area contributed by atoms with Crippen LogP contribution in [-0.2, 0) is 11.2 Å². The normalized spacial score (nSPS) is 14.7. The summed E-state index contributed by atoms with van der Waals surface area (Å²) in [6.45, 7) is -0.123. The molecule has 4 nitrogen and oxygen atoms in total. The number of hydrogen-bond acceptors (Lipinski definition) is 3. The van der Waals surface area contributed by atoms with Gasteiger partial charge in [0.05, 0.1) is 10.7 Å². The minimum atomic E-state index is -0.309. The van der Waals surface area contributed by atoms with Crippen LogP contribution in [0.2, 0.25) is 5.02 Å². The van der Waals surface area contributed by atoms with E-state index in [1.807, 2.05) is 18.2 Å². The Bertz CT molecular complexity index is 728. The standard InChI is InChI=1S/C17H15ClN2O2/c18-14-7-3-4-8-16(14)22-11-17(21)20-19-15-10-9-12-5-1-2-6-13(12)15/h1-8H,9-11H2,(H,20,21)/b19-15+. The van der Waals surface area contributed by atoms with Gasteiger partial charge in [-0.25, -0.2) is 5.43 Å². The highest BCUT2D eigenvalue weighted by atomic mass is 35.5. The maximum atomic E-state index is 11.8. The van der Waals surface area contributed by atoms with E-state index in [1.54, 1.807) is 24.3 Å². The topological polar surface area (TPSA) is 50.7 Å². The van der Waals surface area contributed by atoms with E-state index in [0.717, 1.165) is 24.1 Å². The van der Waals surface area contributed by atoms with Crippen LogP contribution in [0.25, 0.3) is 0 Å². The average Bonchev–Trinajstić information content (AvgIpc) is 2.95. The number of para-hydroxylation sites is 1. The number of aryl methyl sites for hydroxylation is 1. The lowest BCUT2D eigenvalue weighted by Gasteiger charge is -2.07. The zero-order valence-electron chi connectivity index (χ0n) is 11.9. The summed E-state index contributed by atoms with van der Waals surface area (Å²) >= 11 is 5.96. The Morgan fingerprint density at radius 2 is 1.91 bits per heavy atom. The van der Waals surface area contributed by atoms with Gasteiger partial charge in [0.2, 0.25) is 0 Å². The number of nitrogens with one attached hydrogen (secondary N) is 1. The fourth-order valence-electron chi connectivity index (χ4n) is 2.39. The predicted octanol–water partition coefficient (Wildman–Crippen LogP) is 3.19. The summed E-state index contributed by atoms with van der Waals surface area (Å²) in [7, 11) is 0. The van der Waals surface area contributed by atoms with Gasteiger partial charge < -0.3 is 4.74 Å². The van der Waals surface area contributed by atoms with E-state index in [2.05, 4.69) is 16.6 Å². The number of halogens is 1. The Morgan fingerprint density at radius 1 is 1.14 bits per heavy atom. The first-order chi connectivity index (χ1) is 10.7. The van der Waals surface area contributed by atoms with Gasteiger partial charge in [-0.1, -0.05) is 48.0 Å². The number of hydrazone groups is 1. The molecule has 1 N–H and O–H groups in total. The van der Waals surface area contributed by atoms with Crippen LogP contribution in [-0.4, -0.2) is 18.2 Å². The van der Waals surface area contributed by atoms with Gasteiger partial charge >= 0.3 is 0 Å². The van der Waals surface area contributed by atoms with E-state index in [9.17, 15) is 4.79 Å². The van der Waals surface area contributed by atoms with Crippen LogP contribution >= 0.6 is 11.6 Å². The maximum absolute atomic E-state index is 11.8. The molecule has 5 heteroatoms. The molecule has 0 heterocycles. The summed E-state index contributed by atoms with van der Waals surface area (Å²) in [5.74, 6) is 0.176. The number of carbonyl (C=O) groups excluding carboxylic acids is 1. The SMILES string of the molecule is O=C(COc1ccccc1Cl)N/N=C1\CCc2ccccc21. The van der Waals surface area contributed by atoms with E-state index in [4.69, 9.17) is 16.3 Å². The third-order valence-corrected chi connectivity index (χ3v) is 3.78. The van der Waals surface area contributed by atoms with Crippen molar-refractivity contribution in [3.8, 4) is 5.75 Å². The van der Waals surface area contributed by atoms with E-state index in [-0.39, 0.29) is 12.5 Å². The molecule has 0 bridgehead atoms. The summed E-state index contributed by atoms with van der Waals surface area (Å²) in [4.78, 5) is 11.8. The molecule has 0 spiro atoms. The van der Waals surface area contributed by atoms with Crippen LogP contribution < -0.4 is 10.2 Å². The molecule has 112 valence electrons. The summed E-state index contributed by atoms with van der Waals surface area (Å²) in [6, 6.07) is 15.1. The van der Waals surface area contributed by atoms with Crippen LogP contribution in [0.5, 0.6) is 5.75 Å². The van der Waals surface area contributed by atoms with Gasteiger partial charge in [-0.2, -0.15) is 5.10 Å². The van der Waals surface area contributed by atoms with Gasteiger partial charge in [0.1, 0.15) is 5.75 Å².